The molecule has 10 heteroatoms. The lowest BCUT2D eigenvalue weighted by atomic mass is 10.2. The van der Waals surface area contributed by atoms with Gasteiger partial charge in [0, 0.05) is 11.6 Å². The summed E-state index contributed by atoms with van der Waals surface area (Å²) in [6.07, 6.45) is 1.37. The van der Waals surface area contributed by atoms with Crippen molar-refractivity contribution in [1.29, 1.82) is 0 Å². The Balaban J connectivity index is 2.04. The molecular formula is C17H15N5O4S. The van der Waals surface area contributed by atoms with Gasteiger partial charge in [0.25, 0.3) is 5.69 Å². The van der Waals surface area contributed by atoms with Gasteiger partial charge in [0.05, 0.1) is 30.9 Å². The zero-order chi connectivity index (χ0) is 19.4. The van der Waals surface area contributed by atoms with Crippen molar-refractivity contribution in [1.82, 2.24) is 14.9 Å². The molecule has 2 aromatic carbocycles. The molecule has 0 saturated carbocycles. The highest BCUT2D eigenvalue weighted by Gasteiger charge is 2.14. The second-order valence-corrected chi connectivity index (χ2v) is 5.68. The fraction of sp³-hybridized carbons (Fsp3) is 0.118. The number of methoxy groups -OCH3 is 2. The fourth-order valence-electron chi connectivity index (χ4n) is 2.44. The van der Waals surface area contributed by atoms with Crippen molar-refractivity contribution >= 4 is 24.1 Å². The number of nitro groups is 1. The lowest BCUT2D eigenvalue weighted by Crippen LogP contribution is -1.98. The Morgan fingerprint density at radius 1 is 1.22 bits per heavy atom. The Hall–Kier alpha value is -3.53. The number of nitro benzene ring substituents is 1. The van der Waals surface area contributed by atoms with Crippen molar-refractivity contribution in [2.45, 2.75) is 0 Å². The number of hydrogen-bond acceptors (Lipinski definition) is 7. The number of rotatable bonds is 6. The quantitative estimate of drug-likeness (QED) is 0.301. The van der Waals surface area contributed by atoms with E-state index in [0.717, 1.165) is 0 Å². The van der Waals surface area contributed by atoms with Crippen LogP contribution in [0.5, 0.6) is 11.5 Å². The smallest absolute Gasteiger partial charge is 0.278 e. The number of ether oxygens (including phenoxy) is 2. The molecule has 0 aliphatic rings. The molecule has 0 aliphatic heterocycles. The maximum Gasteiger partial charge on any atom is 0.278 e. The Morgan fingerprint density at radius 3 is 2.67 bits per heavy atom. The first-order valence-corrected chi connectivity index (χ1v) is 8.13. The van der Waals surface area contributed by atoms with Crippen molar-refractivity contribution in [3.8, 4) is 22.9 Å². The van der Waals surface area contributed by atoms with Gasteiger partial charge in [-0.2, -0.15) is 14.9 Å². The zero-order valence-corrected chi connectivity index (χ0v) is 15.3. The molecular weight excluding hydrogens is 370 g/mol. The predicted molar refractivity (Wildman–Crippen MR) is 102 cm³/mol. The highest BCUT2D eigenvalue weighted by molar-refractivity contribution is 7.71. The van der Waals surface area contributed by atoms with E-state index in [1.165, 1.54) is 24.1 Å². The maximum absolute atomic E-state index is 11.1. The van der Waals surface area contributed by atoms with Crippen molar-refractivity contribution < 1.29 is 14.4 Å². The molecule has 138 valence electrons. The number of para-hydroxylation sites is 1. The Bertz CT molecular complexity index is 1070. The number of hydrogen-bond donors (Lipinski definition) is 1. The van der Waals surface area contributed by atoms with Crippen LogP contribution >= 0.6 is 12.2 Å². The van der Waals surface area contributed by atoms with E-state index in [-0.39, 0.29) is 10.5 Å². The number of benzene rings is 2. The molecule has 1 N–H and O–H groups in total. The molecule has 0 spiro atoms. The molecule has 0 fully saturated rings. The zero-order valence-electron chi connectivity index (χ0n) is 14.4. The molecule has 0 bridgehead atoms. The van der Waals surface area contributed by atoms with Gasteiger partial charge >= 0.3 is 0 Å². The first-order chi connectivity index (χ1) is 13.0. The third-order valence-electron chi connectivity index (χ3n) is 3.74. The van der Waals surface area contributed by atoms with E-state index in [4.69, 9.17) is 21.7 Å². The summed E-state index contributed by atoms with van der Waals surface area (Å²) in [6, 6.07) is 11.5. The van der Waals surface area contributed by atoms with E-state index < -0.39 is 4.92 Å². The fourth-order valence-corrected chi connectivity index (χ4v) is 2.62. The van der Waals surface area contributed by atoms with Gasteiger partial charge in [-0.15, -0.1) is 0 Å². The van der Waals surface area contributed by atoms with E-state index in [0.29, 0.717) is 28.5 Å². The molecule has 0 radical (unpaired) electrons. The minimum Gasteiger partial charge on any atom is -0.493 e. The average molecular weight is 385 g/mol. The highest BCUT2D eigenvalue weighted by atomic mass is 32.1. The molecule has 0 aliphatic carbocycles. The van der Waals surface area contributed by atoms with Gasteiger partial charge in [0.15, 0.2) is 17.3 Å². The lowest BCUT2D eigenvalue weighted by molar-refractivity contribution is -0.385. The molecule has 0 atom stereocenters. The van der Waals surface area contributed by atoms with Crippen molar-refractivity contribution in [3.05, 3.63) is 62.9 Å². The standard InChI is InChI=1S/C17H15N5O4S/c1-25-14-8-7-11(9-15(14)26-2)16-19-20-17(27)21(16)18-10-12-5-3-4-6-13(12)22(23)24/h3-10H,1-2H3,(H,20,27). The van der Waals surface area contributed by atoms with Crippen LogP contribution in [0.4, 0.5) is 5.69 Å². The van der Waals surface area contributed by atoms with Crippen molar-refractivity contribution in [3.63, 3.8) is 0 Å². The largest absolute Gasteiger partial charge is 0.493 e. The van der Waals surface area contributed by atoms with Crippen LogP contribution < -0.4 is 9.47 Å². The Labute approximate surface area is 159 Å². The summed E-state index contributed by atoms with van der Waals surface area (Å²) in [6.45, 7) is 0. The van der Waals surface area contributed by atoms with Crippen LogP contribution in [0.2, 0.25) is 0 Å². The Kier molecular flexibility index (Phi) is 5.27. The van der Waals surface area contributed by atoms with Crippen molar-refractivity contribution in [2.75, 3.05) is 14.2 Å². The first kappa shape index (κ1) is 18.3. The minimum atomic E-state index is -0.467. The number of nitrogens with zero attached hydrogens (tertiary/aromatic N) is 4. The molecule has 0 saturated heterocycles. The molecule has 0 amide bonds. The highest BCUT2D eigenvalue weighted by Crippen LogP contribution is 2.31. The van der Waals surface area contributed by atoms with E-state index in [1.807, 2.05) is 0 Å². The molecule has 1 heterocycles. The van der Waals surface area contributed by atoms with Crippen LogP contribution in [0.25, 0.3) is 11.4 Å². The molecule has 9 nitrogen and oxygen atoms in total. The van der Waals surface area contributed by atoms with Gasteiger partial charge in [-0.25, -0.2) is 5.10 Å². The summed E-state index contributed by atoms with van der Waals surface area (Å²) >= 11 is 5.22. The van der Waals surface area contributed by atoms with Crippen LogP contribution in [0, 0.1) is 14.9 Å². The van der Waals surface area contributed by atoms with Crippen LogP contribution in [-0.4, -0.2) is 40.2 Å². The molecule has 1 aromatic heterocycles. The second kappa shape index (κ2) is 7.79. The second-order valence-electron chi connectivity index (χ2n) is 5.29. The van der Waals surface area contributed by atoms with Crippen LogP contribution in [-0.2, 0) is 0 Å². The minimum absolute atomic E-state index is 0.0519. The lowest BCUT2D eigenvalue weighted by Gasteiger charge is -2.09. The normalized spacial score (nSPS) is 10.9. The van der Waals surface area contributed by atoms with Gasteiger partial charge in [-0.3, -0.25) is 10.1 Å². The summed E-state index contributed by atoms with van der Waals surface area (Å²) < 4.78 is 12.2. The summed E-state index contributed by atoms with van der Waals surface area (Å²) in [5.41, 5.74) is 0.979. The molecule has 3 rings (SSSR count). The van der Waals surface area contributed by atoms with Crippen molar-refractivity contribution in [2.24, 2.45) is 5.10 Å². The SMILES string of the molecule is COc1ccc(-c2n[nH]c(=S)n2N=Cc2ccccc2[N+](=O)[O-])cc1OC. The molecule has 27 heavy (non-hydrogen) atoms. The molecule has 3 aromatic rings. The van der Waals surface area contributed by atoms with Gasteiger partial charge in [0.1, 0.15) is 0 Å². The average Bonchev–Trinajstić information content (AvgIpc) is 3.06. The van der Waals surface area contributed by atoms with Crippen LogP contribution in [0.15, 0.2) is 47.6 Å². The summed E-state index contributed by atoms with van der Waals surface area (Å²) in [7, 11) is 3.08. The molecule has 0 unspecified atom stereocenters. The van der Waals surface area contributed by atoms with Gasteiger partial charge in [-0.05, 0) is 36.5 Å². The summed E-state index contributed by atoms with van der Waals surface area (Å²) in [4.78, 5) is 10.7. The van der Waals surface area contributed by atoms with Crippen LogP contribution in [0.3, 0.4) is 0 Å². The van der Waals surface area contributed by atoms with Gasteiger partial charge < -0.3 is 9.47 Å². The van der Waals surface area contributed by atoms with E-state index in [2.05, 4.69) is 15.3 Å². The monoisotopic (exact) mass is 385 g/mol. The number of nitrogens with one attached hydrogen (secondary N) is 1. The van der Waals surface area contributed by atoms with Gasteiger partial charge in [0.2, 0.25) is 4.77 Å². The van der Waals surface area contributed by atoms with E-state index >= 15 is 0 Å². The van der Waals surface area contributed by atoms with E-state index in [9.17, 15) is 10.1 Å². The maximum atomic E-state index is 11.1. The van der Waals surface area contributed by atoms with E-state index in [1.54, 1.807) is 43.5 Å². The Morgan fingerprint density at radius 2 is 1.96 bits per heavy atom. The first-order valence-electron chi connectivity index (χ1n) is 7.72. The topological polar surface area (TPSA) is 108 Å². The van der Waals surface area contributed by atoms with Gasteiger partial charge in [-0.1, -0.05) is 12.1 Å². The number of aromatic nitrogens is 3. The number of aromatic amines is 1. The third-order valence-corrected chi connectivity index (χ3v) is 4.00. The third kappa shape index (κ3) is 3.70. The predicted octanol–water partition coefficient (Wildman–Crippen LogP) is 3.42. The number of H-pyrrole nitrogens is 1. The summed E-state index contributed by atoms with van der Waals surface area (Å²) in [5, 5.41) is 22.3. The summed E-state index contributed by atoms with van der Waals surface area (Å²) in [5.74, 6) is 1.53. The van der Waals surface area contributed by atoms with Crippen LogP contribution in [0.1, 0.15) is 5.56 Å².